The van der Waals surface area contributed by atoms with Crippen LogP contribution in [-0.2, 0) is 15.3 Å². The molecule has 0 bridgehead atoms. The summed E-state index contributed by atoms with van der Waals surface area (Å²) in [5.74, 6) is -0.386. The first-order chi connectivity index (χ1) is 11.9. The second-order valence-electron chi connectivity index (χ2n) is 4.68. The summed E-state index contributed by atoms with van der Waals surface area (Å²) >= 11 is 8.09. The molecule has 25 heavy (non-hydrogen) atoms. The molecule has 0 radical (unpaired) electrons. The molecule has 0 fully saturated rings. The lowest BCUT2D eigenvalue weighted by Crippen LogP contribution is -2.21. The fourth-order valence-electron chi connectivity index (χ4n) is 1.44. The van der Waals surface area contributed by atoms with Crippen LogP contribution in [0.2, 0.25) is 0 Å². The summed E-state index contributed by atoms with van der Waals surface area (Å²) in [5.41, 5.74) is -0.485. The van der Waals surface area contributed by atoms with Crippen molar-refractivity contribution in [1.82, 2.24) is 10.2 Å². The molecule has 0 aliphatic carbocycles. The lowest BCUT2D eigenvalue weighted by atomic mass is 10.4. The Hall–Kier alpha value is -1.91. The lowest BCUT2D eigenvalue weighted by molar-refractivity contribution is -0.133. The first-order valence-corrected chi connectivity index (χ1v) is 9.36. The molecule has 0 aromatic carbocycles. The first kappa shape index (κ1) is 19.4. The Balaban J connectivity index is 1.95. The lowest BCUT2D eigenvalue weighted by Gasteiger charge is -2.04. The van der Waals surface area contributed by atoms with E-state index < -0.39 is 16.8 Å². The number of carbonyl (C=O) groups is 2. The molecule has 2 aromatic heterocycles. The smallest absolute Gasteiger partial charge is 0.329 e. The van der Waals surface area contributed by atoms with Gasteiger partial charge in [-0.25, -0.2) is 0 Å². The van der Waals surface area contributed by atoms with Gasteiger partial charge in [0.25, 0.3) is 0 Å². The van der Waals surface area contributed by atoms with Gasteiger partial charge in [0.15, 0.2) is 4.34 Å². The van der Waals surface area contributed by atoms with Gasteiger partial charge in [0.05, 0.1) is 5.75 Å². The molecule has 0 unspecified atom stereocenters. The molecule has 0 saturated carbocycles. The highest BCUT2D eigenvalue weighted by atomic mass is 35.5. The quantitative estimate of drug-likeness (QED) is 0.325. The van der Waals surface area contributed by atoms with Crippen LogP contribution in [0.4, 0.5) is 5.13 Å². The molecule has 1 N–H and O–H groups in total. The van der Waals surface area contributed by atoms with Crippen LogP contribution in [0.25, 0.3) is 0 Å². The van der Waals surface area contributed by atoms with Crippen LogP contribution < -0.4 is 15.5 Å². The minimum absolute atomic E-state index is 0.143. The molecule has 1 atom stereocenters. The third kappa shape index (κ3) is 5.83. The van der Waals surface area contributed by atoms with Crippen LogP contribution in [-0.4, -0.2) is 27.5 Å². The number of hydrogen-bond acceptors (Lipinski definition) is 9. The Morgan fingerprint density at radius 1 is 1.48 bits per heavy atom. The van der Waals surface area contributed by atoms with Crippen molar-refractivity contribution in [2.45, 2.75) is 35.7 Å². The van der Waals surface area contributed by atoms with E-state index in [9.17, 15) is 14.4 Å². The number of hydrogen-bond donors (Lipinski definition) is 1. The van der Waals surface area contributed by atoms with Crippen molar-refractivity contribution in [2.24, 2.45) is 0 Å². The number of aromatic nitrogens is 2. The number of ether oxygens (including phenoxy) is 1. The molecule has 11 heteroatoms. The van der Waals surface area contributed by atoms with Crippen molar-refractivity contribution < 1.29 is 18.7 Å². The zero-order chi connectivity index (χ0) is 18.4. The Bertz CT molecular complexity index is 821. The minimum atomic E-state index is -0.866. The number of nitrogens with zero attached hydrogens (tertiary/aromatic N) is 2. The molecule has 0 aliphatic rings. The molecule has 2 rings (SSSR count). The van der Waals surface area contributed by atoms with Gasteiger partial charge in [-0.3, -0.25) is 14.4 Å². The molecule has 0 spiro atoms. The van der Waals surface area contributed by atoms with Gasteiger partial charge in [0, 0.05) is 12.5 Å². The van der Waals surface area contributed by atoms with Gasteiger partial charge in [-0.15, -0.1) is 21.8 Å². The minimum Gasteiger partial charge on any atom is -0.464 e. The van der Waals surface area contributed by atoms with Crippen molar-refractivity contribution in [2.75, 3.05) is 5.32 Å². The van der Waals surface area contributed by atoms with E-state index in [2.05, 4.69) is 15.5 Å². The van der Waals surface area contributed by atoms with Crippen molar-refractivity contribution in [1.29, 1.82) is 0 Å². The van der Waals surface area contributed by atoms with Crippen molar-refractivity contribution in [3.63, 3.8) is 0 Å². The summed E-state index contributed by atoms with van der Waals surface area (Å²) in [6.45, 7) is 3.18. The normalized spacial score (nSPS) is 11.8. The monoisotopic (exact) mass is 403 g/mol. The number of halogens is 1. The Morgan fingerprint density at radius 2 is 2.24 bits per heavy atom. The average molecular weight is 404 g/mol. The van der Waals surface area contributed by atoms with Gasteiger partial charge in [0.1, 0.15) is 17.4 Å². The van der Waals surface area contributed by atoms with E-state index in [-0.39, 0.29) is 11.7 Å². The summed E-state index contributed by atoms with van der Waals surface area (Å²) in [6, 6.07) is 1.23. The van der Waals surface area contributed by atoms with Crippen molar-refractivity contribution in [3.8, 4) is 5.75 Å². The topological polar surface area (TPSA) is 111 Å². The van der Waals surface area contributed by atoms with E-state index in [1.165, 1.54) is 36.1 Å². The largest absolute Gasteiger partial charge is 0.464 e. The second-order valence-corrected chi connectivity index (χ2v) is 7.53. The summed E-state index contributed by atoms with van der Waals surface area (Å²) in [5, 5.41) is 9.94. The Kier molecular flexibility index (Phi) is 6.97. The predicted molar refractivity (Wildman–Crippen MR) is 94.3 cm³/mol. The van der Waals surface area contributed by atoms with Crippen molar-refractivity contribution >= 4 is 51.7 Å². The number of esters is 1. The number of thioether (sulfide) groups is 1. The van der Waals surface area contributed by atoms with E-state index in [1.807, 2.05) is 0 Å². The molecule has 2 aromatic rings. The number of rotatable bonds is 7. The zero-order valence-electron chi connectivity index (χ0n) is 13.3. The molecule has 0 saturated heterocycles. The average Bonchev–Trinajstić information content (AvgIpc) is 3.02. The highest BCUT2D eigenvalue weighted by Crippen LogP contribution is 2.28. The zero-order valence-corrected chi connectivity index (χ0v) is 15.7. The first-order valence-electron chi connectivity index (χ1n) is 7.12. The molecule has 134 valence electrons. The van der Waals surface area contributed by atoms with Gasteiger partial charge >= 0.3 is 5.97 Å². The highest BCUT2D eigenvalue weighted by Gasteiger charge is 2.15. The number of alkyl halides is 1. The maximum Gasteiger partial charge on any atom is 0.329 e. The third-order valence-electron chi connectivity index (χ3n) is 2.70. The number of nitrogens with one attached hydrogen (secondary N) is 1. The van der Waals surface area contributed by atoms with Crippen molar-refractivity contribution in [3.05, 3.63) is 28.3 Å². The van der Waals surface area contributed by atoms with Crippen LogP contribution in [0, 0.1) is 0 Å². The van der Waals surface area contributed by atoms with Gasteiger partial charge in [-0.1, -0.05) is 30.0 Å². The number of anilines is 1. The maximum atomic E-state index is 11.9. The van der Waals surface area contributed by atoms with Crippen LogP contribution in [0.1, 0.15) is 26.0 Å². The Labute approximate surface area is 155 Å². The van der Waals surface area contributed by atoms with Gasteiger partial charge in [0.2, 0.25) is 22.2 Å². The van der Waals surface area contributed by atoms with Gasteiger partial charge in [-0.2, -0.15) is 0 Å². The molecular weight excluding hydrogens is 390 g/mol. The fraction of sp³-hybridized carbons (Fsp3) is 0.357. The predicted octanol–water partition coefficient (Wildman–Crippen LogP) is 2.66. The van der Waals surface area contributed by atoms with E-state index in [0.29, 0.717) is 27.4 Å². The summed E-state index contributed by atoms with van der Waals surface area (Å²) in [6.07, 6.45) is 1.43. The molecule has 8 nitrogen and oxygen atoms in total. The second kappa shape index (κ2) is 8.97. The SMILES string of the molecule is CCC(=O)Nc1nnc(SCc2cc(=O)c(OC(=O)[C@@H](C)Cl)co2)s1. The Morgan fingerprint density at radius 3 is 2.88 bits per heavy atom. The third-order valence-corrected chi connectivity index (χ3v) is 4.87. The van der Waals surface area contributed by atoms with E-state index >= 15 is 0 Å². The van der Waals surface area contributed by atoms with E-state index in [0.717, 1.165) is 6.26 Å². The summed E-state index contributed by atoms with van der Waals surface area (Å²) in [4.78, 5) is 34.6. The fourth-order valence-corrected chi connectivity index (χ4v) is 3.14. The highest BCUT2D eigenvalue weighted by molar-refractivity contribution is 8.00. The van der Waals surface area contributed by atoms with E-state index in [4.69, 9.17) is 20.8 Å². The molecule has 2 heterocycles. The van der Waals surface area contributed by atoms with Crippen LogP contribution in [0.15, 0.2) is 25.9 Å². The molecular formula is C14H14ClN3O5S2. The van der Waals surface area contributed by atoms with Crippen LogP contribution in [0.5, 0.6) is 5.75 Å². The molecule has 0 aliphatic heterocycles. The van der Waals surface area contributed by atoms with E-state index in [1.54, 1.807) is 6.92 Å². The maximum absolute atomic E-state index is 11.9. The van der Waals surface area contributed by atoms with Crippen LogP contribution in [0.3, 0.4) is 0 Å². The number of carbonyl (C=O) groups excluding carboxylic acids is 2. The summed E-state index contributed by atoms with van der Waals surface area (Å²) in [7, 11) is 0. The standard InChI is InChI=1S/C14H14ClN3O5S2/c1-3-11(20)16-13-17-18-14(25-13)24-6-8-4-9(19)10(5-22-8)23-12(21)7(2)15/h4-5,7H,3,6H2,1-2H3,(H,16,17,20)/t7-/m1/s1. The summed E-state index contributed by atoms with van der Waals surface area (Å²) < 4.78 is 10.7. The molecule has 1 amide bonds. The van der Waals surface area contributed by atoms with Gasteiger partial charge < -0.3 is 14.5 Å². The van der Waals surface area contributed by atoms with Gasteiger partial charge in [-0.05, 0) is 6.92 Å². The number of amides is 1. The van der Waals surface area contributed by atoms with Crippen LogP contribution >= 0.6 is 34.7 Å².